The molecule has 0 spiro atoms. The Morgan fingerprint density at radius 2 is 1.94 bits per heavy atom. The second-order valence-electron chi connectivity index (χ2n) is 5.18. The number of benzene rings is 1. The third kappa shape index (κ3) is 6.91. The van der Waals surface area contributed by atoms with Gasteiger partial charge in [0.2, 0.25) is 0 Å². The largest absolute Gasteiger partial charge is 0.375 e. The van der Waals surface area contributed by atoms with Crippen LogP contribution in [0, 0.1) is 0 Å². The Balaban J connectivity index is 2.17. The molecule has 0 aliphatic rings. The van der Waals surface area contributed by atoms with E-state index in [4.69, 9.17) is 10.5 Å². The summed E-state index contributed by atoms with van der Waals surface area (Å²) in [5.74, 6) is 0.464. The summed E-state index contributed by atoms with van der Waals surface area (Å²) in [5, 5.41) is 3.10. The van der Waals surface area contributed by atoms with Gasteiger partial charge in [-0.25, -0.2) is 0 Å². The highest BCUT2D eigenvalue weighted by molar-refractivity contribution is 5.78. The normalized spacial score (nSPS) is 12.5. The fraction of sp³-hybridized carbons (Fsp3) is 0.500. The molecule has 1 aromatic rings. The third-order valence-corrected chi connectivity index (χ3v) is 2.13. The Bertz CT molecular complexity index is 368. The molecule has 4 nitrogen and oxygen atoms in total. The van der Waals surface area contributed by atoms with Crippen LogP contribution in [0.1, 0.15) is 26.3 Å². The summed E-state index contributed by atoms with van der Waals surface area (Å²) in [7, 11) is 0. The number of hydrogen-bond donors (Lipinski definition) is 2. The van der Waals surface area contributed by atoms with Crippen molar-refractivity contribution in [3.8, 4) is 0 Å². The van der Waals surface area contributed by atoms with Gasteiger partial charge in [0.1, 0.15) is 0 Å². The van der Waals surface area contributed by atoms with Gasteiger partial charge in [0, 0.05) is 5.54 Å². The highest BCUT2D eigenvalue weighted by Gasteiger charge is 2.09. The second-order valence-corrected chi connectivity index (χ2v) is 5.18. The molecule has 3 N–H and O–H groups in total. The first-order valence-corrected chi connectivity index (χ1v) is 6.17. The van der Waals surface area contributed by atoms with Crippen LogP contribution in [0.25, 0.3) is 0 Å². The molecule has 4 heteroatoms. The molecule has 0 radical (unpaired) electrons. The van der Waals surface area contributed by atoms with Crippen LogP contribution < -0.4 is 11.1 Å². The maximum absolute atomic E-state index is 5.74. The number of guanidine groups is 1. The molecule has 0 saturated heterocycles. The van der Waals surface area contributed by atoms with Crippen molar-refractivity contribution in [3.63, 3.8) is 0 Å². The summed E-state index contributed by atoms with van der Waals surface area (Å²) in [4.78, 5) is 4.20. The predicted octanol–water partition coefficient (Wildman–Crippen LogP) is 1.91. The lowest BCUT2D eigenvalue weighted by molar-refractivity contribution is 0.128. The summed E-state index contributed by atoms with van der Waals surface area (Å²) in [6.07, 6.45) is 0. The van der Waals surface area contributed by atoms with Crippen molar-refractivity contribution in [2.24, 2.45) is 10.7 Å². The Morgan fingerprint density at radius 3 is 2.56 bits per heavy atom. The summed E-state index contributed by atoms with van der Waals surface area (Å²) in [6, 6.07) is 10.1. The Hall–Kier alpha value is -1.55. The van der Waals surface area contributed by atoms with Crippen LogP contribution in [0.4, 0.5) is 0 Å². The molecule has 0 saturated carbocycles. The highest BCUT2D eigenvalue weighted by Crippen LogP contribution is 2.00. The zero-order valence-corrected chi connectivity index (χ0v) is 11.4. The first kappa shape index (κ1) is 14.5. The summed E-state index contributed by atoms with van der Waals surface area (Å²) in [6.45, 7) is 7.88. The maximum atomic E-state index is 5.74. The first-order chi connectivity index (χ1) is 8.47. The molecule has 100 valence electrons. The van der Waals surface area contributed by atoms with Crippen molar-refractivity contribution < 1.29 is 4.74 Å². The molecule has 1 rings (SSSR count). The zero-order chi connectivity index (χ0) is 13.4. The SMILES string of the molecule is CC(C)(C)NC(N)=NCCOCc1ccccc1. The van der Waals surface area contributed by atoms with Gasteiger partial charge in [-0.3, -0.25) is 4.99 Å². The van der Waals surface area contributed by atoms with Crippen molar-refractivity contribution in [1.82, 2.24) is 5.32 Å². The van der Waals surface area contributed by atoms with E-state index in [1.165, 1.54) is 5.56 Å². The van der Waals surface area contributed by atoms with Crippen LogP contribution in [-0.2, 0) is 11.3 Å². The lowest BCUT2D eigenvalue weighted by Crippen LogP contribution is -2.45. The van der Waals surface area contributed by atoms with Gasteiger partial charge in [0.05, 0.1) is 19.8 Å². The van der Waals surface area contributed by atoms with Crippen LogP contribution in [0.2, 0.25) is 0 Å². The smallest absolute Gasteiger partial charge is 0.189 e. The average Bonchev–Trinajstić information content (AvgIpc) is 2.27. The van der Waals surface area contributed by atoms with Crippen LogP contribution >= 0.6 is 0 Å². The van der Waals surface area contributed by atoms with E-state index >= 15 is 0 Å². The van der Waals surface area contributed by atoms with Gasteiger partial charge in [0.15, 0.2) is 5.96 Å². The minimum atomic E-state index is -0.0571. The van der Waals surface area contributed by atoms with Gasteiger partial charge < -0.3 is 15.8 Å². The van der Waals surface area contributed by atoms with Crippen LogP contribution in [0.5, 0.6) is 0 Å². The van der Waals surface area contributed by atoms with E-state index < -0.39 is 0 Å². The standard InChI is InChI=1S/C14H23N3O/c1-14(2,3)17-13(15)16-9-10-18-11-12-7-5-4-6-8-12/h4-8H,9-11H2,1-3H3,(H3,15,16,17). The van der Waals surface area contributed by atoms with E-state index in [9.17, 15) is 0 Å². The van der Waals surface area contributed by atoms with Crippen molar-refractivity contribution in [1.29, 1.82) is 0 Å². The molecule has 18 heavy (non-hydrogen) atoms. The number of nitrogens with two attached hydrogens (primary N) is 1. The van der Waals surface area contributed by atoms with E-state index in [0.717, 1.165) is 0 Å². The minimum absolute atomic E-state index is 0.0571. The van der Waals surface area contributed by atoms with Gasteiger partial charge in [-0.1, -0.05) is 30.3 Å². The van der Waals surface area contributed by atoms with E-state index in [1.54, 1.807) is 0 Å². The molecular formula is C14H23N3O. The molecule has 0 aliphatic carbocycles. The molecule has 1 aromatic carbocycles. The summed E-state index contributed by atoms with van der Waals surface area (Å²) >= 11 is 0. The van der Waals surface area contributed by atoms with Gasteiger partial charge >= 0.3 is 0 Å². The Labute approximate surface area is 109 Å². The lowest BCUT2D eigenvalue weighted by Gasteiger charge is -2.20. The van der Waals surface area contributed by atoms with Crippen molar-refractivity contribution in [2.75, 3.05) is 13.2 Å². The first-order valence-electron chi connectivity index (χ1n) is 6.17. The van der Waals surface area contributed by atoms with Crippen molar-refractivity contribution >= 4 is 5.96 Å². The topological polar surface area (TPSA) is 59.6 Å². The quantitative estimate of drug-likeness (QED) is 0.476. The lowest BCUT2D eigenvalue weighted by atomic mass is 10.1. The molecule has 0 atom stereocenters. The summed E-state index contributed by atoms with van der Waals surface area (Å²) in [5.41, 5.74) is 6.85. The van der Waals surface area contributed by atoms with Gasteiger partial charge in [-0.15, -0.1) is 0 Å². The minimum Gasteiger partial charge on any atom is -0.375 e. The molecule has 0 aliphatic heterocycles. The number of nitrogens with zero attached hydrogens (tertiary/aromatic N) is 1. The van der Waals surface area contributed by atoms with E-state index in [2.05, 4.69) is 10.3 Å². The van der Waals surface area contributed by atoms with Crippen LogP contribution in [0.3, 0.4) is 0 Å². The zero-order valence-electron chi connectivity index (χ0n) is 11.4. The Morgan fingerprint density at radius 1 is 1.28 bits per heavy atom. The van der Waals surface area contributed by atoms with Gasteiger partial charge in [-0.2, -0.15) is 0 Å². The third-order valence-electron chi connectivity index (χ3n) is 2.13. The number of ether oxygens (including phenoxy) is 1. The second kappa shape index (κ2) is 7.01. The summed E-state index contributed by atoms with van der Waals surface area (Å²) < 4.78 is 5.51. The van der Waals surface area contributed by atoms with Crippen LogP contribution in [-0.4, -0.2) is 24.7 Å². The van der Waals surface area contributed by atoms with Gasteiger partial charge in [0.25, 0.3) is 0 Å². The molecule has 0 unspecified atom stereocenters. The molecule has 0 amide bonds. The molecule has 0 heterocycles. The predicted molar refractivity (Wildman–Crippen MR) is 75.5 cm³/mol. The fourth-order valence-electron chi connectivity index (χ4n) is 1.42. The van der Waals surface area contributed by atoms with E-state index in [1.807, 2.05) is 51.1 Å². The molecule has 0 aromatic heterocycles. The van der Waals surface area contributed by atoms with Crippen LogP contribution in [0.15, 0.2) is 35.3 Å². The highest BCUT2D eigenvalue weighted by atomic mass is 16.5. The van der Waals surface area contributed by atoms with Crippen molar-refractivity contribution in [3.05, 3.63) is 35.9 Å². The maximum Gasteiger partial charge on any atom is 0.189 e. The molecule has 0 bridgehead atoms. The van der Waals surface area contributed by atoms with Gasteiger partial charge in [-0.05, 0) is 26.3 Å². The van der Waals surface area contributed by atoms with E-state index in [0.29, 0.717) is 25.7 Å². The average molecular weight is 249 g/mol. The Kier molecular flexibility index (Phi) is 5.65. The number of nitrogens with one attached hydrogen (secondary N) is 1. The van der Waals surface area contributed by atoms with Crippen molar-refractivity contribution in [2.45, 2.75) is 32.9 Å². The number of hydrogen-bond acceptors (Lipinski definition) is 2. The molecular weight excluding hydrogens is 226 g/mol. The number of rotatable bonds is 5. The fourth-order valence-corrected chi connectivity index (χ4v) is 1.42. The molecule has 0 fully saturated rings. The number of aliphatic imine (C=N–C) groups is 1. The monoisotopic (exact) mass is 249 g/mol. The van der Waals surface area contributed by atoms with E-state index in [-0.39, 0.29) is 5.54 Å².